The summed E-state index contributed by atoms with van der Waals surface area (Å²) in [4.78, 5) is 16.6. The number of hydrogen-bond acceptors (Lipinski definition) is 3. The predicted molar refractivity (Wildman–Crippen MR) is 88.1 cm³/mol. The Morgan fingerprint density at radius 3 is 2.91 bits per heavy atom. The Kier molecular flexibility index (Phi) is 4.25. The molecule has 0 radical (unpaired) electrons. The van der Waals surface area contributed by atoms with Crippen LogP contribution < -0.4 is 5.32 Å². The highest BCUT2D eigenvalue weighted by Crippen LogP contribution is 2.32. The fourth-order valence-electron chi connectivity index (χ4n) is 3.86. The minimum atomic E-state index is 0.105. The van der Waals surface area contributed by atoms with Gasteiger partial charge in [0, 0.05) is 45.5 Å². The molecule has 4 rings (SSSR count). The molecule has 3 aliphatic rings. The highest BCUT2D eigenvalue weighted by Gasteiger charge is 2.30. The molecule has 126 valence electrons. The summed E-state index contributed by atoms with van der Waals surface area (Å²) in [6, 6.07) is 2.62. The van der Waals surface area contributed by atoms with Gasteiger partial charge in [0.1, 0.15) is 0 Å². The predicted octanol–water partition coefficient (Wildman–Crippen LogP) is 1.85. The van der Waals surface area contributed by atoms with Crippen LogP contribution in [-0.4, -0.2) is 58.3 Å². The zero-order chi connectivity index (χ0) is 15.6. The topological polar surface area (TPSA) is 53.4 Å². The van der Waals surface area contributed by atoms with Crippen LogP contribution in [0, 0.1) is 5.92 Å². The number of carbonyl (C=O) groups is 1. The smallest absolute Gasteiger partial charge is 0.317 e. The van der Waals surface area contributed by atoms with Gasteiger partial charge in [0.2, 0.25) is 0 Å². The Morgan fingerprint density at radius 2 is 2.13 bits per heavy atom. The number of carbonyl (C=O) groups excluding carboxylic acids is 1. The van der Waals surface area contributed by atoms with Gasteiger partial charge in [-0.3, -0.25) is 9.58 Å². The molecule has 1 N–H and O–H groups in total. The lowest BCUT2D eigenvalue weighted by Gasteiger charge is -2.34. The van der Waals surface area contributed by atoms with Gasteiger partial charge in [-0.25, -0.2) is 4.79 Å². The molecule has 1 aromatic rings. The van der Waals surface area contributed by atoms with E-state index in [1.165, 1.54) is 25.1 Å². The number of hydrogen-bond donors (Lipinski definition) is 1. The summed E-state index contributed by atoms with van der Waals surface area (Å²) in [6.07, 6.45) is 7.94. The van der Waals surface area contributed by atoms with Gasteiger partial charge in [0.25, 0.3) is 0 Å². The second-order valence-electron chi connectivity index (χ2n) is 7.27. The zero-order valence-corrected chi connectivity index (χ0v) is 13.8. The summed E-state index contributed by atoms with van der Waals surface area (Å²) < 4.78 is 2.17. The number of nitrogens with zero attached hydrogens (tertiary/aromatic N) is 4. The lowest BCUT2D eigenvalue weighted by atomic mass is 10.1. The van der Waals surface area contributed by atoms with E-state index in [0.717, 1.165) is 57.9 Å². The summed E-state index contributed by atoms with van der Waals surface area (Å²) in [7, 11) is 0. The van der Waals surface area contributed by atoms with E-state index >= 15 is 0 Å². The van der Waals surface area contributed by atoms with Crippen molar-refractivity contribution in [1.82, 2.24) is 24.9 Å². The summed E-state index contributed by atoms with van der Waals surface area (Å²) in [6.45, 7) is 5.86. The molecule has 1 saturated heterocycles. The quantitative estimate of drug-likeness (QED) is 0.902. The third kappa shape index (κ3) is 3.52. The Balaban J connectivity index is 1.31. The summed E-state index contributed by atoms with van der Waals surface area (Å²) in [5.74, 6) is 0.917. The van der Waals surface area contributed by atoms with E-state index in [2.05, 4.69) is 26.1 Å². The molecular weight excluding hydrogens is 290 g/mol. The summed E-state index contributed by atoms with van der Waals surface area (Å²) in [5, 5.41) is 7.60. The van der Waals surface area contributed by atoms with Crippen molar-refractivity contribution in [1.29, 1.82) is 0 Å². The van der Waals surface area contributed by atoms with E-state index < -0.39 is 0 Å². The summed E-state index contributed by atoms with van der Waals surface area (Å²) in [5.41, 5.74) is 1.31. The first-order chi connectivity index (χ1) is 11.3. The Labute approximate surface area is 137 Å². The number of fused-ring (bicyclic) bond motifs is 1. The van der Waals surface area contributed by atoms with E-state index in [9.17, 15) is 4.79 Å². The van der Waals surface area contributed by atoms with Crippen LogP contribution >= 0.6 is 0 Å². The first-order valence-electron chi connectivity index (χ1n) is 9.07. The van der Waals surface area contributed by atoms with Crippen LogP contribution in [0.3, 0.4) is 0 Å². The van der Waals surface area contributed by atoms with E-state index in [0.29, 0.717) is 6.04 Å². The molecule has 2 aliphatic heterocycles. The van der Waals surface area contributed by atoms with Crippen molar-refractivity contribution in [2.24, 2.45) is 5.92 Å². The zero-order valence-electron chi connectivity index (χ0n) is 13.8. The molecule has 6 nitrogen and oxygen atoms in total. The lowest BCUT2D eigenvalue weighted by Crippen LogP contribution is -2.42. The van der Waals surface area contributed by atoms with E-state index in [1.807, 2.05) is 11.1 Å². The molecule has 0 spiro atoms. The van der Waals surface area contributed by atoms with Crippen LogP contribution in [0.25, 0.3) is 0 Å². The Morgan fingerprint density at radius 1 is 1.30 bits per heavy atom. The van der Waals surface area contributed by atoms with Gasteiger partial charge in [-0.05, 0) is 44.1 Å². The van der Waals surface area contributed by atoms with Crippen LogP contribution in [0.5, 0.6) is 0 Å². The largest absolute Gasteiger partial charge is 0.338 e. The van der Waals surface area contributed by atoms with Crippen LogP contribution in [0.15, 0.2) is 12.3 Å². The maximum absolute atomic E-state index is 12.1. The third-order valence-corrected chi connectivity index (χ3v) is 5.31. The fourth-order valence-corrected chi connectivity index (χ4v) is 3.86. The van der Waals surface area contributed by atoms with Gasteiger partial charge in [0.05, 0.1) is 11.7 Å². The molecule has 6 heteroatoms. The first kappa shape index (κ1) is 15.0. The molecule has 1 aromatic heterocycles. The molecule has 1 saturated carbocycles. The molecule has 3 heterocycles. The van der Waals surface area contributed by atoms with Gasteiger partial charge in [-0.15, -0.1) is 0 Å². The molecule has 0 aromatic carbocycles. The minimum Gasteiger partial charge on any atom is -0.338 e. The maximum atomic E-state index is 12.1. The van der Waals surface area contributed by atoms with Crippen LogP contribution in [0.1, 0.15) is 43.8 Å². The molecule has 2 amide bonds. The lowest BCUT2D eigenvalue weighted by molar-refractivity contribution is 0.161. The second kappa shape index (κ2) is 6.51. The number of amides is 2. The number of nitrogens with one attached hydrogen (secondary N) is 1. The second-order valence-corrected chi connectivity index (χ2v) is 7.27. The Bertz CT molecular complexity index is 547. The molecule has 23 heavy (non-hydrogen) atoms. The third-order valence-electron chi connectivity index (χ3n) is 5.31. The first-order valence-corrected chi connectivity index (χ1v) is 9.07. The Hall–Kier alpha value is -1.56. The fraction of sp³-hybridized carbons (Fsp3) is 0.765. The molecule has 2 fully saturated rings. The van der Waals surface area contributed by atoms with Gasteiger partial charge in [0.15, 0.2) is 0 Å². The van der Waals surface area contributed by atoms with Gasteiger partial charge in [-0.1, -0.05) is 0 Å². The van der Waals surface area contributed by atoms with Crippen molar-refractivity contribution >= 4 is 6.03 Å². The highest BCUT2D eigenvalue weighted by molar-refractivity contribution is 5.74. The van der Waals surface area contributed by atoms with Crippen molar-refractivity contribution in [2.45, 2.75) is 44.7 Å². The molecule has 1 aliphatic carbocycles. The molecule has 1 unspecified atom stereocenters. The van der Waals surface area contributed by atoms with Crippen LogP contribution in [-0.2, 0) is 6.54 Å². The standard InChI is InChI=1S/C17H27N5O/c23-17(21-9-1-2-10-21)18-7-5-15-12-20(11-14-3-4-14)13-16-6-8-19-22(15)16/h6,8,14-15H,1-5,7,9-13H2,(H,18,23). The van der Waals surface area contributed by atoms with Crippen molar-refractivity contribution < 1.29 is 4.79 Å². The molecule has 0 bridgehead atoms. The minimum absolute atomic E-state index is 0.105. The van der Waals surface area contributed by atoms with Crippen molar-refractivity contribution in [3.8, 4) is 0 Å². The monoisotopic (exact) mass is 317 g/mol. The highest BCUT2D eigenvalue weighted by atomic mass is 16.2. The maximum Gasteiger partial charge on any atom is 0.317 e. The van der Waals surface area contributed by atoms with Crippen LogP contribution in [0.2, 0.25) is 0 Å². The van der Waals surface area contributed by atoms with E-state index in [4.69, 9.17) is 0 Å². The average Bonchev–Trinajstić information content (AvgIpc) is 3.05. The van der Waals surface area contributed by atoms with Gasteiger partial charge in [-0.2, -0.15) is 5.10 Å². The summed E-state index contributed by atoms with van der Waals surface area (Å²) >= 11 is 0. The number of likely N-dealkylation sites (tertiary alicyclic amines) is 1. The van der Waals surface area contributed by atoms with E-state index in [1.54, 1.807) is 0 Å². The van der Waals surface area contributed by atoms with E-state index in [-0.39, 0.29) is 6.03 Å². The number of urea groups is 1. The molecular formula is C17H27N5O. The van der Waals surface area contributed by atoms with Crippen molar-refractivity contribution in [3.05, 3.63) is 18.0 Å². The SMILES string of the molecule is O=C(NCCC1CN(CC2CC2)Cc2ccnn21)N1CCCC1. The normalized spacial score (nSPS) is 24.7. The molecule has 1 atom stereocenters. The van der Waals surface area contributed by atoms with Crippen molar-refractivity contribution in [2.75, 3.05) is 32.7 Å². The average molecular weight is 317 g/mol. The number of rotatable bonds is 5. The van der Waals surface area contributed by atoms with Crippen LogP contribution in [0.4, 0.5) is 4.79 Å². The van der Waals surface area contributed by atoms with Gasteiger partial charge >= 0.3 is 6.03 Å². The number of aromatic nitrogens is 2. The van der Waals surface area contributed by atoms with Crippen molar-refractivity contribution in [3.63, 3.8) is 0 Å². The van der Waals surface area contributed by atoms with Gasteiger partial charge < -0.3 is 10.2 Å².